The lowest BCUT2D eigenvalue weighted by molar-refractivity contribution is -0.123. The van der Waals surface area contributed by atoms with Crippen molar-refractivity contribution in [2.24, 2.45) is 5.92 Å². The van der Waals surface area contributed by atoms with Crippen molar-refractivity contribution in [3.8, 4) is 6.07 Å². The molecule has 1 amide bonds. The molecule has 1 rings (SSSR count). The van der Waals surface area contributed by atoms with Crippen LogP contribution < -0.4 is 5.32 Å². The van der Waals surface area contributed by atoms with Gasteiger partial charge in [-0.3, -0.25) is 4.79 Å². The fourth-order valence-electron chi connectivity index (χ4n) is 2.12. The Morgan fingerprint density at radius 2 is 1.87 bits per heavy atom. The van der Waals surface area contributed by atoms with Crippen LogP contribution in [0.1, 0.15) is 39.7 Å². The summed E-state index contributed by atoms with van der Waals surface area (Å²) < 4.78 is 5.22. The molecule has 0 radical (unpaired) electrons. The van der Waals surface area contributed by atoms with Crippen LogP contribution in [-0.4, -0.2) is 23.5 Å². The predicted octanol–water partition coefficient (Wildman–Crippen LogP) is 3.24. The average Bonchev–Trinajstić information content (AvgIpc) is 2.47. The van der Waals surface area contributed by atoms with Crippen LogP contribution in [0.25, 0.3) is 0 Å². The third kappa shape index (κ3) is 6.52. The van der Waals surface area contributed by atoms with E-state index in [1.807, 2.05) is 36.4 Å². The number of carbonyl (C=O) groups is 2. The molecule has 1 aromatic carbocycles. The standard InChI is InChI=1S/C18H24N2O3/c1-5-14(12-19)16(21)15(11-13-9-7-6-8-10-13)20-17(22)23-18(2,3)4/h6-10,14-15H,5,11H2,1-4H3,(H,20,22). The van der Waals surface area contributed by atoms with Crippen LogP contribution >= 0.6 is 0 Å². The zero-order valence-electron chi connectivity index (χ0n) is 14.1. The third-order valence-corrected chi connectivity index (χ3v) is 3.22. The molecule has 0 aliphatic carbocycles. The normalized spacial score (nSPS) is 13.5. The molecule has 0 spiro atoms. The molecule has 0 aromatic heterocycles. The lowest BCUT2D eigenvalue weighted by atomic mass is 9.93. The van der Waals surface area contributed by atoms with Crippen LogP contribution in [0.5, 0.6) is 0 Å². The Labute approximate surface area is 137 Å². The number of hydrogen-bond donors (Lipinski definition) is 1. The van der Waals surface area contributed by atoms with Crippen LogP contribution in [0, 0.1) is 17.2 Å². The zero-order chi connectivity index (χ0) is 17.5. The minimum atomic E-state index is -0.781. The number of rotatable bonds is 6. The lowest BCUT2D eigenvalue weighted by Gasteiger charge is -2.24. The number of nitrogens with one attached hydrogen (secondary N) is 1. The molecule has 23 heavy (non-hydrogen) atoms. The van der Waals surface area contributed by atoms with Crippen LogP contribution in [0.2, 0.25) is 0 Å². The Morgan fingerprint density at radius 3 is 2.35 bits per heavy atom. The van der Waals surface area contributed by atoms with Gasteiger partial charge in [-0.05, 0) is 39.2 Å². The Bertz CT molecular complexity index is 570. The summed E-state index contributed by atoms with van der Waals surface area (Å²) >= 11 is 0. The van der Waals surface area contributed by atoms with Gasteiger partial charge in [0, 0.05) is 0 Å². The maximum atomic E-state index is 12.5. The molecular formula is C18H24N2O3. The van der Waals surface area contributed by atoms with Crippen molar-refractivity contribution >= 4 is 11.9 Å². The predicted molar refractivity (Wildman–Crippen MR) is 87.7 cm³/mol. The molecule has 2 unspecified atom stereocenters. The summed E-state index contributed by atoms with van der Waals surface area (Å²) in [6, 6.07) is 10.6. The highest BCUT2D eigenvalue weighted by Gasteiger charge is 2.29. The summed E-state index contributed by atoms with van der Waals surface area (Å²) in [6.45, 7) is 7.04. The summed E-state index contributed by atoms with van der Waals surface area (Å²) in [4.78, 5) is 24.5. The van der Waals surface area contributed by atoms with E-state index >= 15 is 0 Å². The number of benzene rings is 1. The zero-order valence-corrected chi connectivity index (χ0v) is 14.1. The molecule has 0 heterocycles. The SMILES string of the molecule is CCC(C#N)C(=O)C(Cc1ccccc1)NC(=O)OC(C)(C)C. The number of amides is 1. The molecular weight excluding hydrogens is 292 g/mol. The van der Waals surface area contributed by atoms with E-state index in [2.05, 4.69) is 5.32 Å². The van der Waals surface area contributed by atoms with Crippen molar-refractivity contribution < 1.29 is 14.3 Å². The van der Waals surface area contributed by atoms with Gasteiger partial charge in [-0.15, -0.1) is 0 Å². The van der Waals surface area contributed by atoms with Gasteiger partial charge in [-0.25, -0.2) is 4.79 Å². The number of carbonyl (C=O) groups excluding carboxylic acids is 2. The second kappa shape index (κ2) is 8.33. The Balaban J connectivity index is 2.90. The van der Waals surface area contributed by atoms with E-state index in [0.29, 0.717) is 12.8 Å². The van der Waals surface area contributed by atoms with Gasteiger partial charge in [0.25, 0.3) is 0 Å². The highest BCUT2D eigenvalue weighted by Crippen LogP contribution is 2.13. The molecule has 1 N–H and O–H groups in total. The molecule has 0 aliphatic heterocycles. The molecule has 1 aromatic rings. The minimum Gasteiger partial charge on any atom is -0.444 e. The smallest absolute Gasteiger partial charge is 0.408 e. The number of nitriles is 1. The summed E-state index contributed by atoms with van der Waals surface area (Å²) in [5.74, 6) is -1.02. The number of Topliss-reactive ketones (excluding diaryl/α,β-unsaturated/α-hetero) is 1. The number of alkyl carbamates (subject to hydrolysis) is 1. The van der Waals surface area contributed by atoms with Crippen molar-refractivity contribution in [1.82, 2.24) is 5.32 Å². The van der Waals surface area contributed by atoms with Gasteiger partial charge in [0.2, 0.25) is 0 Å². The van der Waals surface area contributed by atoms with Crippen molar-refractivity contribution in [2.75, 3.05) is 0 Å². The van der Waals surface area contributed by atoms with E-state index < -0.39 is 23.7 Å². The van der Waals surface area contributed by atoms with E-state index in [1.54, 1.807) is 27.7 Å². The highest BCUT2D eigenvalue weighted by atomic mass is 16.6. The number of ketones is 1. The van der Waals surface area contributed by atoms with Crippen molar-refractivity contribution in [3.05, 3.63) is 35.9 Å². The quantitative estimate of drug-likeness (QED) is 0.873. The van der Waals surface area contributed by atoms with Gasteiger partial charge in [-0.1, -0.05) is 37.3 Å². The molecule has 0 saturated heterocycles. The molecule has 2 atom stereocenters. The first kappa shape index (κ1) is 18.7. The molecule has 0 bridgehead atoms. The number of ether oxygens (including phenoxy) is 1. The van der Waals surface area contributed by atoms with Gasteiger partial charge in [-0.2, -0.15) is 5.26 Å². The monoisotopic (exact) mass is 316 g/mol. The molecule has 5 heteroatoms. The largest absolute Gasteiger partial charge is 0.444 e. The fraction of sp³-hybridized carbons (Fsp3) is 0.500. The van der Waals surface area contributed by atoms with E-state index in [1.165, 1.54) is 0 Å². The van der Waals surface area contributed by atoms with E-state index in [0.717, 1.165) is 5.56 Å². The van der Waals surface area contributed by atoms with E-state index in [9.17, 15) is 9.59 Å². The van der Waals surface area contributed by atoms with Gasteiger partial charge >= 0.3 is 6.09 Å². The molecule has 5 nitrogen and oxygen atoms in total. The maximum Gasteiger partial charge on any atom is 0.408 e. The Kier molecular flexibility index (Phi) is 6.77. The summed E-state index contributed by atoms with van der Waals surface area (Å²) in [5.41, 5.74) is 0.263. The fourth-order valence-corrected chi connectivity index (χ4v) is 2.12. The van der Waals surface area contributed by atoms with Crippen LogP contribution in [-0.2, 0) is 16.0 Å². The second-order valence-electron chi connectivity index (χ2n) is 6.38. The van der Waals surface area contributed by atoms with Crippen LogP contribution in [0.3, 0.4) is 0 Å². The van der Waals surface area contributed by atoms with Gasteiger partial charge < -0.3 is 10.1 Å². The first-order valence-corrected chi connectivity index (χ1v) is 7.73. The molecule has 0 fully saturated rings. The second-order valence-corrected chi connectivity index (χ2v) is 6.38. The van der Waals surface area contributed by atoms with Gasteiger partial charge in [0.05, 0.1) is 12.1 Å². The topological polar surface area (TPSA) is 79.2 Å². The van der Waals surface area contributed by atoms with Crippen LogP contribution in [0.4, 0.5) is 4.79 Å². The van der Waals surface area contributed by atoms with E-state index in [-0.39, 0.29) is 5.78 Å². The molecule has 0 aliphatic rings. The summed E-state index contributed by atoms with van der Waals surface area (Å²) in [6.07, 6.45) is 0.0906. The lowest BCUT2D eigenvalue weighted by Crippen LogP contribution is -2.46. The first-order valence-electron chi connectivity index (χ1n) is 7.73. The molecule has 0 saturated carbocycles. The number of hydrogen-bond acceptors (Lipinski definition) is 4. The van der Waals surface area contributed by atoms with E-state index in [4.69, 9.17) is 10.00 Å². The van der Waals surface area contributed by atoms with Gasteiger partial charge in [0.15, 0.2) is 5.78 Å². The summed E-state index contributed by atoms with van der Waals surface area (Å²) in [5, 5.41) is 11.7. The average molecular weight is 316 g/mol. The van der Waals surface area contributed by atoms with Gasteiger partial charge in [0.1, 0.15) is 11.5 Å². The van der Waals surface area contributed by atoms with Crippen molar-refractivity contribution in [1.29, 1.82) is 5.26 Å². The Morgan fingerprint density at radius 1 is 1.26 bits per heavy atom. The summed E-state index contributed by atoms with van der Waals surface area (Å²) in [7, 11) is 0. The highest BCUT2D eigenvalue weighted by molar-refractivity contribution is 5.91. The van der Waals surface area contributed by atoms with Crippen LogP contribution in [0.15, 0.2) is 30.3 Å². The molecule has 124 valence electrons. The first-order chi connectivity index (χ1) is 10.8. The third-order valence-electron chi connectivity index (χ3n) is 3.22. The minimum absolute atomic E-state index is 0.287. The maximum absolute atomic E-state index is 12.5. The number of nitrogens with zero attached hydrogens (tertiary/aromatic N) is 1. The van der Waals surface area contributed by atoms with Crippen molar-refractivity contribution in [3.63, 3.8) is 0 Å². The Hall–Kier alpha value is -2.35. The van der Waals surface area contributed by atoms with Crippen molar-refractivity contribution in [2.45, 2.75) is 52.2 Å².